The molecule has 1 aliphatic heterocycles. The van der Waals surface area contributed by atoms with E-state index in [0.29, 0.717) is 33.8 Å². The summed E-state index contributed by atoms with van der Waals surface area (Å²) in [6.45, 7) is 7.71. The van der Waals surface area contributed by atoms with Crippen molar-refractivity contribution in [2.45, 2.75) is 39.7 Å². The first-order valence-electron chi connectivity index (χ1n) is 11.9. The molecule has 4 aromatic rings. The van der Waals surface area contributed by atoms with Crippen molar-refractivity contribution < 1.29 is 15.0 Å². The number of anilines is 1. The van der Waals surface area contributed by atoms with Gasteiger partial charge in [0.2, 0.25) is 5.91 Å². The molecule has 2 N–H and O–H groups in total. The number of nitrogens with zero attached hydrogens (tertiary/aromatic N) is 1. The van der Waals surface area contributed by atoms with Crippen LogP contribution in [-0.2, 0) is 16.8 Å². The summed E-state index contributed by atoms with van der Waals surface area (Å²) in [6, 6.07) is 23.0. The van der Waals surface area contributed by atoms with Crippen LogP contribution in [-0.4, -0.2) is 16.1 Å². The van der Waals surface area contributed by atoms with Crippen LogP contribution in [0.4, 0.5) is 5.69 Å². The molecule has 0 fully saturated rings. The van der Waals surface area contributed by atoms with E-state index in [1.807, 2.05) is 100 Å². The smallest absolute Gasteiger partial charge is 0.247 e. The second-order valence-corrected chi connectivity index (χ2v) is 10.1. The number of aryl methyl sites for hydroxylation is 4. The summed E-state index contributed by atoms with van der Waals surface area (Å²) in [4.78, 5) is 16.6. The fourth-order valence-electron chi connectivity index (χ4n) is 5.48. The van der Waals surface area contributed by atoms with Crippen molar-refractivity contribution in [2.75, 3.05) is 4.90 Å². The van der Waals surface area contributed by atoms with Crippen molar-refractivity contribution >= 4 is 23.2 Å². The van der Waals surface area contributed by atoms with E-state index in [1.165, 1.54) is 0 Å². The van der Waals surface area contributed by atoms with E-state index in [9.17, 15) is 15.0 Å². The van der Waals surface area contributed by atoms with Gasteiger partial charge in [-0.1, -0.05) is 72.3 Å². The second-order valence-electron chi connectivity index (χ2n) is 9.67. The van der Waals surface area contributed by atoms with Crippen molar-refractivity contribution in [3.63, 3.8) is 0 Å². The third-order valence-corrected chi connectivity index (χ3v) is 7.67. The third kappa shape index (κ3) is 3.48. The first-order valence-corrected chi connectivity index (χ1v) is 12.3. The minimum Gasteiger partial charge on any atom is -0.507 e. The van der Waals surface area contributed by atoms with Gasteiger partial charge >= 0.3 is 0 Å². The van der Waals surface area contributed by atoms with E-state index in [4.69, 9.17) is 11.6 Å². The molecular formula is C31H28ClNO3. The first kappa shape index (κ1) is 24.0. The molecule has 1 aliphatic rings. The highest BCUT2D eigenvalue weighted by molar-refractivity contribution is 6.31. The van der Waals surface area contributed by atoms with Crippen LogP contribution in [0.15, 0.2) is 72.8 Å². The van der Waals surface area contributed by atoms with Gasteiger partial charge in [-0.3, -0.25) is 4.79 Å². The average Bonchev–Trinajstić information content (AvgIpc) is 3.10. The summed E-state index contributed by atoms with van der Waals surface area (Å²) in [5.74, 6) is 0.342. The molecule has 0 unspecified atom stereocenters. The van der Waals surface area contributed by atoms with E-state index in [-0.39, 0.29) is 17.4 Å². The Balaban J connectivity index is 1.85. The molecule has 36 heavy (non-hydrogen) atoms. The van der Waals surface area contributed by atoms with E-state index in [1.54, 1.807) is 4.90 Å². The molecule has 0 saturated heterocycles. The number of rotatable bonds is 4. The lowest BCUT2D eigenvalue weighted by Gasteiger charge is -2.32. The molecule has 0 aliphatic carbocycles. The summed E-state index contributed by atoms with van der Waals surface area (Å²) >= 11 is 6.51. The number of para-hydroxylation sites is 1. The lowest BCUT2D eigenvalue weighted by atomic mass is 9.69. The summed E-state index contributed by atoms with van der Waals surface area (Å²) in [5.41, 5.74) is 5.72. The molecule has 4 aromatic carbocycles. The lowest BCUT2D eigenvalue weighted by Crippen LogP contribution is -2.42. The molecule has 1 amide bonds. The van der Waals surface area contributed by atoms with Gasteiger partial charge < -0.3 is 15.1 Å². The molecule has 5 rings (SSSR count). The summed E-state index contributed by atoms with van der Waals surface area (Å²) in [7, 11) is 0. The van der Waals surface area contributed by atoms with Crippen molar-refractivity contribution in [3.05, 3.63) is 122 Å². The number of hydrogen-bond donors (Lipinski definition) is 2. The number of phenolic OH excluding ortho intramolecular Hbond substituents is 2. The molecule has 0 aromatic heterocycles. The van der Waals surface area contributed by atoms with Gasteiger partial charge in [-0.25, -0.2) is 0 Å². The number of amides is 1. The van der Waals surface area contributed by atoms with Crippen LogP contribution in [0.2, 0.25) is 5.02 Å². The standard InChI is InChI=1S/C31H28ClNO3/c1-18-13-23(14-19(2)28(18)34)31(24-15-20(3)29(35)21(4)16-24)25-10-6-8-12-27(25)33(30(31)36)17-22-9-5-7-11-26(22)32/h5-16,34-35H,17H2,1-4H3. The van der Waals surface area contributed by atoms with Gasteiger partial charge in [0.05, 0.1) is 6.54 Å². The maximum absolute atomic E-state index is 14.8. The second kappa shape index (κ2) is 8.72. The Morgan fingerprint density at radius 3 is 1.75 bits per heavy atom. The predicted octanol–water partition coefficient (Wildman–Crippen LogP) is 6.87. The molecule has 1 heterocycles. The molecule has 5 heteroatoms. The zero-order valence-corrected chi connectivity index (χ0v) is 21.5. The quantitative estimate of drug-likeness (QED) is 0.323. The minimum atomic E-state index is -1.16. The van der Waals surface area contributed by atoms with Gasteiger partial charge in [0.1, 0.15) is 16.9 Å². The number of aromatic hydroxyl groups is 2. The zero-order valence-electron chi connectivity index (χ0n) is 20.8. The van der Waals surface area contributed by atoms with Crippen LogP contribution in [0.5, 0.6) is 11.5 Å². The van der Waals surface area contributed by atoms with Gasteiger partial charge in [-0.15, -0.1) is 0 Å². The van der Waals surface area contributed by atoms with E-state index >= 15 is 0 Å². The van der Waals surface area contributed by atoms with E-state index in [0.717, 1.165) is 27.9 Å². The minimum absolute atomic E-state index is 0.0994. The zero-order chi connectivity index (χ0) is 25.8. The van der Waals surface area contributed by atoms with Crippen molar-refractivity contribution in [1.29, 1.82) is 0 Å². The molecule has 0 saturated carbocycles. The normalized spacial score (nSPS) is 14.2. The summed E-state index contributed by atoms with van der Waals surface area (Å²) in [6.07, 6.45) is 0. The maximum atomic E-state index is 14.8. The Morgan fingerprint density at radius 1 is 0.750 bits per heavy atom. The van der Waals surface area contributed by atoms with Crippen LogP contribution in [0, 0.1) is 27.7 Å². The molecule has 0 atom stereocenters. The molecule has 0 bridgehead atoms. The van der Waals surface area contributed by atoms with Crippen molar-refractivity contribution in [3.8, 4) is 11.5 Å². The topological polar surface area (TPSA) is 60.8 Å². The largest absolute Gasteiger partial charge is 0.507 e. The third-order valence-electron chi connectivity index (χ3n) is 7.30. The Bertz CT molecular complexity index is 1420. The van der Waals surface area contributed by atoms with Crippen LogP contribution < -0.4 is 4.90 Å². The van der Waals surface area contributed by atoms with Crippen molar-refractivity contribution in [1.82, 2.24) is 0 Å². The van der Waals surface area contributed by atoms with E-state index in [2.05, 4.69) is 0 Å². The highest BCUT2D eigenvalue weighted by Crippen LogP contribution is 2.52. The van der Waals surface area contributed by atoms with Gasteiger partial charge in [-0.2, -0.15) is 0 Å². The lowest BCUT2D eigenvalue weighted by molar-refractivity contribution is -0.120. The Hall–Kier alpha value is -3.76. The van der Waals surface area contributed by atoms with Crippen LogP contribution >= 0.6 is 11.6 Å². The Labute approximate surface area is 216 Å². The fraction of sp³-hybridized carbons (Fsp3) is 0.194. The van der Waals surface area contributed by atoms with Gasteiger partial charge in [0, 0.05) is 16.3 Å². The van der Waals surface area contributed by atoms with Crippen LogP contribution in [0.25, 0.3) is 0 Å². The van der Waals surface area contributed by atoms with Gasteiger partial charge in [0.15, 0.2) is 0 Å². The predicted molar refractivity (Wildman–Crippen MR) is 144 cm³/mol. The molecular weight excluding hydrogens is 470 g/mol. The maximum Gasteiger partial charge on any atom is 0.247 e. The highest BCUT2D eigenvalue weighted by atomic mass is 35.5. The first-order chi connectivity index (χ1) is 17.2. The van der Waals surface area contributed by atoms with Crippen molar-refractivity contribution in [2.24, 2.45) is 0 Å². The highest BCUT2D eigenvalue weighted by Gasteiger charge is 2.53. The molecule has 0 radical (unpaired) electrons. The van der Waals surface area contributed by atoms with Crippen LogP contribution in [0.3, 0.4) is 0 Å². The number of fused-ring (bicyclic) bond motifs is 1. The number of halogens is 1. The average molecular weight is 498 g/mol. The van der Waals surface area contributed by atoms with Gasteiger partial charge in [0.25, 0.3) is 0 Å². The molecule has 0 spiro atoms. The Morgan fingerprint density at radius 2 is 1.22 bits per heavy atom. The van der Waals surface area contributed by atoms with Crippen LogP contribution in [0.1, 0.15) is 44.5 Å². The Kier molecular flexibility index (Phi) is 5.80. The fourth-order valence-corrected chi connectivity index (χ4v) is 5.67. The number of benzene rings is 4. The summed E-state index contributed by atoms with van der Waals surface area (Å²) < 4.78 is 0. The molecule has 4 nitrogen and oxygen atoms in total. The number of phenols is 2. The number of hydrogen-bond acceptors (Lipinski definition) is 3. The number of carbonyl (C=O) groups excluding carboxylic acids is 1. The summed E-state index contributed by atoms with van der Waals surface area (Å²) in [5, 5.41) is 21.7. The SMILES string of the molecule is Cc1cc(C2(c3cc(C)c(O)c(C)c3)C(=O)N(Cc3ccccc3Cl)c3ccccc32)cc(C)c1O. The molecule has 182 valence electrons. The van der Waals surface area contributed by atoms with Gasteiger partial charge in [-0.05, 0) is 78.8 Å². The van der Waals surface area contributed by atoms with E-state index < -0.39 is 5.41 Å². The monoisotopic (exact) mass is 497 g/mol. The number of carbonyl (C=O) groups is 1.